The van der Waals surface area contributed by atoms with Crippen molar-refractivity contribution in [3.05, 3.63) is 24.9 Å². The number of carbonyl (C=O) groups is 1. The van der Waals surface area contributed by atoms with Gasteiger partial charge in [-0.15, -0.1) is 22.7 Å². The topological polar surface area (TPSA) is 50.2 Å². The lowest BCUT2D eigenvalue weighted by Gasteiger charge is -1.89. The molecular weight excluding hydrogens is 390 g/mol. The molecule has 0 aliphatic rings. The predicted molar refractivity (Wildman–Crippen MR) is 77.2 cm³/mol. The summed E-state index contributed by atoms with van der Waals surface area (Å²) in [5, 5.41) is 9.83. The summed E-state index contributed by atoms with van der Waals surface area (Å²) in [4.78, 5) is 16.7. The third-order valence-corrected chi connectivity index (χ3v) is 6.59. The monoisotopic (exact) mass is 395 g/mol. The maximum Gasteiger partial charge on any atom is 0.347 e. The Bertz CT molecular complexity index is 557. The van der Waals surface area contributed by atoms with Crippen LogP contribution in [-0.2, 0) is 6.42 Å². The molecule has 0 spiro atoms. The summed E-state index contributed by atoms with van der Waals surface area (Å²) in [5.41, 5.74) is 0.651. The van der Waals surface area contributed by atoms with E-state index in [0.717, 1.165) is 18.1 Å². The molecule has 2 aromatic heterocycles. The number of carboxylic acid groups (broad SMARTS) is 1. The van der Waals surface area contributed by atoms with Crippen molar-refractivity contribution in [1.29, 1.82) is 0 Å². The van der Waals surface area contributed by atoms with Crippen LogP contribution in [0.25, 0.3) is 9.88 Å². The van der Waals surface area contributed by atoms with Gasteiger partial charge in [-0.3, -0.25) is 0 Å². The van der Waals surface area contributed by atoms with Gasteiger partial charge in [0.2, 0.25) is 0 Å². The highest BCUT2D eigenvalue weighted by atomic mass is 79.9. The molecule has 2 aromatic rings. The van der Waals surface area contributed by atoms with Crippen LogP contribution < -0.4 is 0 Å². The van der Waals surface area contributed by atoms with Gasteiger partial charge >= 0.3 is 5.97 Å². The third kappa shape index (κ3) is 2.62. The van der Waals surface area contributed by atoms with Gasteiger partial charge in [0.1, 0.15) is 9.88 Å². The van der Waals surface area contributed by atoms with Gasteiger partial charge < -0.3 is 5.11 Å². The minimum atomic E-state index is -0.903. The van der Waals surface area contributed by atoms with Gasteiger partial charge in [0.05, 0.1) is 14.4 Å². The number of hydrogen-bond donors (Lipinski definition) is 1. The molecule has 0 aromatic carbocycles. The SMILES string of the molecule is CCc1nc(-c2cc(Br)c(Br)s2)sc1C(=O)O. The van der Waals surface area contributed by atoms with Crippen molar-refractivity contribution in [2.75, 3.05) is 0 Å². The molecule has 1 N–H and O–H groups in total. The van der Waals surface area contributed by atoms with E-state index in [9.17, 15) is 4.79 Å². The van der Waals surface area contributed by atoms with Gasteiger partial charge in [-0.05, 0) is 44.3 Å². The fraction of sp³-hybridized carbons (Fsp3) is 0.200. The molecule has 0 aliphatic carbocycles. The summed E-state index contributed by atoms with van der Waals surface area (Å²) in [6.07, 6.45) is 0.631. The highest BCUT2D eigenvalue weighted by Crippen LogP contribution is 2.40. The molecule has 17 heavy (non-hydrogen) atoms. The first kappa shape index (κ1) is 13.2. The van der Waals surface area contributed by atoms with E-state index < -0.39 is 5.97 Å². The number of aryl methyl sites for hydroxylation is 1. The lowest BCUT2D eigenvalue weighted by Crippen LogP contribution is -1.97. The number of halogens is 2. The van der Waals surface area contributed by atoms with Crippen molar-refractivity contribution in [2.24, 2.45) is 0 Å². The molecule has 0 fully saturated rings. The van der Waals surface area contributed by atoms with Crippen LogP contribution in [0.1, 0.15) is 22.3 Å². The molecule has 0 atom stereocenters. The fourth-order valence-corrected chi connectivity index (χ4v) is 4.39. The zero-order valence-corrected chi connectivity index (χ0v) is 13.5. The van der Waals surface area contributed by atoms with Gasteiger partial charge in [-0.1, -0.05) is 6.92 Å². The second kappa shape index (κ2) is 5.17. The molecule has 2 rings (SSSR count). The summed E-state index contributed by atoms with van der Waals surface area (Å²) in [6.45, 7) is 1.91. The Balaban J connectivity index is 2.49. The summed E-state index contributed by atoms with van der Waals surface area (Å²) in [6, 6.07) is 1.94. The van der Waals surface area contributed by atoms with Crippen molar-refractivity contribution in [3.63, 3.8) is 0 Å². The van der Waals surface area contributed by atoms with Crippen molar-refractivity contribution in [1.82, 2.24) is 4.98 Å². The highest BCUT2D eigenvalue weighted by molar-refractivity contribution is 9.13. The molecule has 0 radical (unpaired) electrons. The largest absolute Gasteiger partial charge is 0.477 e. The van der Waals surface area contributed by atoms with E-state index >= 15 is 0 Å². The van der Waals surface area contributed by atoms with Crippen LogP contribution in [0.3, 0.4) is 0 Å². The number of carboxylic acids is 1. The number of nitrogens with zero attached hydrogens (tertiary/aromatic N) is 1. The molecular formula is C10H7Br2NO2S2. The first-order valence-corrected chi connectivity index (χ1v) is 7.93. The molecule has 7 heteroatoms. The fourth-order valence-electron chi connectivity index (χ4n) is 1.32. The average molecular weight is 397 g/mol. The Hall–Kier alpha value is -0.240. The maximum atomic E-state index is 11.1. The predicted octanol–water partition coefficient (Wildman–Crippen LogP) is 4.66. The molecule has 90 valence electrons. The van der Waals surface area contributed by atoms with Crippen LogP contribution in [0.5, 0.6) is 0 Å². The summed E-state index contributed by atoms with van der Waals surface area (Å²) in [5.74, 6) is -0.903. The van der Waals surface area contributed by atoms with E-state index in [0.29, 0.717) is 17.0 Å². The van der Waals surface area contributed by atoms with Gasteiger partial charge in [0, 0.05) is 4.47 Å². The molecule has 0 saturated heterocycles. The second-order valence-electron chi connectivity index (χ2n) is 3.19. The molecule has 3 nitrogen and oxygen atoms in total. The summed E-state index contributed by atoms with van der Waals surface area (Å²) >= 11 is 9.59. The van der Waals surface area contributed by atoms with E-state index in [1.54, 1.807) is 0 Å². The average Bonchev–Trinajstić information content (AvgIpc) is 2.83. The van der Waals surface area contributed by atoms with Crippen molar-refractivity contribution in [2.45, 2.75) is 13.3 Å². The Morgan fingerprint density at radius 3 is 2.59 bits per heavy atom. The van der Waals surface area contributed by atoms with Gasteiger partial charge in [0.15, 0.2) is 0 Å². The molecule has 0 bridgehead atoms. The van der Waals surface area contributed by atoms with Crippen LogP contribution in [0.2, 0.25) is 0 Å². The molecule has 0 aliphatic heterocycles. The maximum absolute atomic E-state index is 11.1. The zero-order chi connectivity index (χ0) is 12.6. The number of hydrogen-bond acceptors (Lipinski definition) is 4. The number of rotatable bonds is 3. The Kier molecular flexibility index (Phi) is 4.02. The summed E-state index contributed by atoms with van der Waals surface area (Å²) < 4.78 is 1.94. The van der Waals surface area contributed by atoms with Crippen molar-refractivity contribution in [3.8, 4) is 9.88 Å². The van der Waals surface area contributed by atoms with E-state index in [1.807, 2.05) is 13.0 Å². The minimum absolute atomic E-state index is 0.336. The molecule has 2 heterocycles. The van der Waals surface area contributed by atoms with Crippen LogP contribution in [0.4, 0.5) is 0 Å². The molecule has 0 saturated carbocycles. The lowest BCUT2D eigenvalue weighted by molar-refractivity contribution is 0.0701. The van der Waals surface area contributed by atoms with Gasteiger partial charge in [-0.25, -0.2) is 9.78 Å². The normalized spacial score (nSPS) is 10.8. The van der Waals surface area contributed by atoms with E-state index in [-0.39, 0.29) is 0 Å². The van der Waals surface area contributed by atoms with Gasteiger partial charge in [-0.2, -0.15) is 0 Å². The Labute approximate surface area is 123 Å². The number of aromatic carboxylic acids is 1. The third-order valence-electron chi connectivity index (χ3n) is 2.08. The quantitative estimate of drug-likeness (QED) is 0.820. The lowest BCUT2D eigenvalue weighted by atomic mass is 10.3. The first-order chi connectivity index (χ1) is 8.02. The van der Waals surface area contributed by atoms with Crippen LogP contribution in [0, 0.1) is 0 Å². The van der Waals surface area contributed by atoms with Crippen LogP contribution in [-0.4, -0.2) is 16.1 Å². The number of thiazole rings is 1. The van der Waals surface area contributed by atoms with Crippen molar-refractivity contribution < 1.29 is 9.90 Å². The minimum Gasteiger partial charge on any atom is -0.477 e. The first-order valence-electron chi connectivity index (χ1n) is 4.71. The molecule has 0 amide bonds. The Morgan fingerprint density at radius 2 is 2.18 bits per heavy atom. The van der Waals surface area contributed by atoms with E-state index in [1.165, 1.54) is 22.7 Å². The Morgan fingerprint density at radius 1 is 1.47 bits per heavy atom. The standard InChI is InChI=1S/C10H7Br2NO2S2/c1-2-5-7(10(14)15)17-9(13-5)6-3-4(11)8(12)16-6/h3H,2H2,1H3,(H,14,15). The smallest absolute Gasteiger partial charge is 0.347 e. The number of aromatic nitrogens is 1. The summed E-state index contributed by atoms with van der Waals surface area (Å²) in [7, 11) is 0. The van der Waals surface area contributed by atoms with Crippen LogP contribution >= 0.6 is 54.5 Å². The van der Waals surface area contributed by atoms with Crippen molar-refractivity contribution >= 4 is 60.5 Å². The zero-order valence-electron chi connectivity index (χ0n) is 8.66. The van der Waals surface area contributed by atoms with E-state index in [4.69, 9.17) is 5.11 Å². The second-order valence-corrected chi connectivity index (χ2v) is 7.41. The highest BCUT2D eigenvalue weighted by Gasteiger charge is 2.18. The van der Waals surface area contributed by atoms with E-state index in [2.05, 4.69) is 36.8 Å². The van der Waals surface area contributed by atoms with Gasteiger partial charge in [0.25, 0.3) is 0 Å². The van der Waals surface area contributed by atoms with Crippen LogP contribution in [0.15, 0.2) is 14.3 Å². The molecule has 0 unspecified atom stereocenters. The number of thiophene rings is 1.